The maximum Gasteiger partial charge on any atom is 0.172 e. The van der Waals surface area contributed by atoms with Crippen LogP contribution in [0, 0.1) is 6.92 Å². The molecule has 1 aromatic heterocycles. The van der Waals surface area contributed by atoms with E-state index in [0.717, 1.165) is 29.2 Å². The lowest BCUT2D eigenvalue weighted by Gasteiger charge is -2.25. The maximum atomic E-state index is 6.01. The van der Waals surface area contributed by atoms with Crippen LogP contribution in [0.25, 0.3) is 0 Å². The standard InChI is InChI=1S/C15H17N3OS/c1-3-10-9(2)14(16)18-15(17-10)12-8-20-13-7-5-4-6-11(13)19-12/h4-7,12H,3,8H2,1-2H3,(H2,16,17,18). The zero-order valence-corrected chi connectivity index (χ0v) is 12.4. The minimum absolute atomic E-state index is 0.136. The molecule has 0 radical (unpaired) electrons. The van der Waals surface area contributed by atoms with Crippen LogP contribution < -0.4 is 10.5 Å². The summed E-state index contributed by atoms with van der Waals surface area (Å²) in [4.78, 5) is 10.2. The molecular formula is C15H17N3OS. The Bertz CT molecular complexity index is 645. The fourth-order valence-corrected chi connectivity index (χ4v) is 3.22. The van der Waals surface area contributed by atoms with Crippen molar-refractivity contribution in [1.82, 2.24) is 9.97 Å². The van der Waals surface area contributed by atoms with Crippen molar-refractivity contribution >= 4 is 17.6 Å². The number of aromatic nitrogens is 2. The van der Waals surface area contributed by atoms with Crippen molar-refractivity contribution in [3.63, 3.8) is 0 Å². The average Bonchev–Trinajstić information content (AvgIpc) is 2.49. The van der Waals surface area contributed by atoms with Gasteiger partial charge in [0.2, 0.25) is 0 Å². The molecule has 2 aromatic rings. The van der Waals surface area contributed by atoms with Gasteiger partial charge >= 0.3 is 0 Å². The minimum atomic E-state index is -0.136. The molecule has 0 spiro atoms. The highest BCUT2D eigenvalue weighted by molar-refractivity contribution is 7.99. The second-order valence-electron chi connectivity index (χ2n) is 4.76. The molecule has 1 aliphatic rings. The molecule has 2 heterocycles. The number of thioether (sulfide) groups is 1. The number of nitrogens with two attached hydrogens (primary N) is 1. The number of aryl methyl sites for hydroxylation is 1. The largest absolute Gasteiger partial charge is 0.480 e. The molecule has 0 bridgehead atoms. The number of hydrogen-bond acceptors (Lipinski definition) is 5. The number of fused-ring (bicyclic) bond motifs is 1. The number of benzene rings is 1. The third-order valence-electron chi connectivity index (χ3n) is 3.43. The number of anilines is 1. The van der Waals surface area contributed by atoms with E-state index in [1.54, 1.807) is 11.8 Å². The molecule has 1 unspecified atom stereocenters. The van der Waals surface area contributed by atoms with Crippen LogP contribution in [-0.2, 0) is 6.42 Å². The van der Waals surface area contributed by atoms with Gasteiger partial charge in [-0.2, -0.15) is 0 Å². The molecule has 3 rings (SSSR count). The summed E-state index contributed by atoms with van der Waals surface area (Å²) in [7, 11) is 0. The Morgan fingerprint density at radius 1 is 1.35 bits per heavy atom. The van der Waals surface area contributed by atoms with Crippen LogP contribution in [0.15, 0.2) is 29.2 Å². The third kappa shape index (κ3) is 2.33. The number of rotatable bonds is 2. The topological polar surface area (TPSA) is 61.0 Å². The SMILES string of the molecule is CCc1nc(C2CSc3ccccc3O2)nc(N)c1C. The fourth-order valence-electron chi connectivity index (χ4n) is 2.24. The monoisotopic (exact) mass is 287 g/mol. The normalized spacial score (nSPS) is 17.4. The molecule has 1 aliphatic heterocycles. The van der Waals surface area contributed by atoms with Crippen LogP contribution in [0.4, 0.5) is 5.82 Å². The molecule has 5 heteroatoms. The smallest absolute Gasteiger partial charge is 0.172 e. The summed E-state index contributed by atoms with van der Waals surface area (Å²) in [6.45, 7) is 4.04. The lowest BCUT2D eigenvalue weighted by atomic mass is 10.2. The van der Waals surface area contributed by atoms with E-state index in [4.69, 9.17) is 10.5 Å². The number of nitrogen functional groups attached to an aromatic ring is 1. The molecule has 0 fully saturated rings. The van der Waals surface area contributed by atoms with Crippen LogP contribution in [0.1, 0.15) is 30.1 Å². The van der Waals surface area contributed by atoms with Gasteiger partial charge < -0.3 is 10.5 Å². The Morgan fingerprint density at radius 2 is 2.15 bits per heavy atom. The first-order valence-electron chi connectivity index (χ1n) is 6.70. The van der Waals surface area contributed by atoms with Gasteiger partial charge in [-0.15, -0.1) is 11.8 Å². The van der Waals surface area contributed by atoms with Crippen LogP contribution in [-0.4, -0.2) is 15.7 Å². The third-order valence-corrected chi connectivity index (χ3v) is 4.55. The van der Waals surface area contributed by atoms with Gasteiger partial charge in [0, 0.05) is 21.9 Å². The molecule has 1 atom stereocenters. The summed E-state index contributed by atoms with van der Waals surface area (Å²) < 4.78 is 6.01. The van der Waals surface area contributed by atoms with E-state index < -0.39 is 0 Å². The Labute approximate surface area is 122 Å². The van der Waals surface area contributed by atoms with Gasteiger partial charge in [-0.3, -0.25) is 0 Å². The quantitative estimate of drug-likeness (QED) is 0.919. The zero-order valence-electron chi connectivity index (χ0n) is 11.6. The average molecular weight is 287 g/mol. The van der Waals surface area contributed by atoms with Gasteiger partial charge in [-0.25, -0.2) is 9.97 Å². The van der Waals surface area contributed by atoms with Crippen molar-refractivity contribution in [2.24, 2.45) is 0 Å². The first-order valence-corrected chi connectivity index (χ1v) is 7.69. The van der Waals surface area contributed by atoms with E-state index >= 15 is 0 Å². The van der Waals surface area contributed by atoms with E-state index in [2.05, 4.69) is 23.0 Å². The molecular weight excluding hydrogens is 270 g/mol. The van der Waals surface area contributed by atoms with Crippen molar-refractivity contribution < 1.29 is 4.74 Å². The number of hydrogen-bond donors (Lipinski definition) is 1. The Kier molecular flexibility index (Phi) is 3.53. The summed E-state index contributed by atoms with van der Waals surface area (Å²) in [6, 6.07) is 8.04. The number of nitrogens with zero attached hydrogens (tertiary/aromatic N) is 2. The second-order valence-corrected chi connectivity index (χ2v) is 5.82. The van der Waals surface area contributed by atoms with Gasteiger partial charge in [0.25, 0.3) is 0 Å². The van der Waals surface area contributed by atoms with Crippen molar-refractivity contribution in [1.29, 1.82) is 0 Å². The molecule has 20 heavy (non-hydrogen) atoms. The Morgan fingerprint density at radius 3 is 2.95 bits per heavy atom. The minimum Gasteiger partial charge on any atom is -0.480 e. The van der Waals surface area contributed by atoms with E-state index in [9.17, 15) is 0 Å². The number of para-hydroxylation sites is 1. The molecule has 0 saturated carbocycles. The molecule has 1 aromatic carbocycles. The second kappa shape index (κ2) is 5.32. The number of ether oxygens (including phenoxy) is 1. The first kappa shape index (κ1) is 13.2. The highest BCUT2D eigenvalue weighted by Gasteiger charge is 2.25. The van der Waals surface area contributed by atoms with E-state index in [0.29, 0.717) is 11.6 Å². The van der Waals surface area contributed by atoms with Gasteiger partial charge in [0.1, 0.15) is 11.6 Å². The predicted octanol–water partition coefficient (Wildman–Crippen LogP) is 3.16. The van der Waals surface area contributed by atoms with Gasteiger partial charge in [0.15, 0.2) is 11.9 Å². The Hall–Kier alpha value is -1.75. The van der Waals surface area contributed by atoms with Crippen LogP contribution >= 0.6 is 11.8 Å². The van der Waals surface area contributed by atoms with Crippen molar-refractivity contribution in [2.75, 3.05) is 11.5 Å². The van der Waals surface area contributed by atoms with E-state index in [1.165, 1.54) is 4.90 Å². The Balaban J connectivity index is 1.93. The van der Waals surface area contributed by atoms with E-state index in [1.807, 2.05) is 25.1 Å². The van der Waals surface area contributed by atoms with Crippen molar-refractivity contribution in [3.8, 4) is 5.75 Å². The zero-order chi connectivity index (χ0) is 14.1. The van der Waals surface area contributed by atoms with Gasteiger partial charge in [-0.1, -0.05) is 19.1 Å². The lowest BCUT2D eigenvalue weighted by molar-refractivity contribution is 0.210. The molecule has 0 saturated heterocycles. The highest BCUT2D eigenvalue weighted by atomic mass is 32.2. The highest BCUT2D eigenvalue weighted by Crippen LogP contribution is 2.39. The van der Waals surface area contributed by atoms with E-state index in [-0.39, 0.29) is 6.10 Å². The van der Waals surface area contributed by atoms with Crippen molar-refractivity contribution in [3.05, 3.63) is 41.3 Å². The predicted molar refractivity (Wildman–Crippen MR) is 81.1 cm³/mol. The maximum absolute atomic E-state index is 6.01. The van der Waals surface area contributed by atoms with Gasteiger partial charge in [0.05, 0.1) is 0 Å². The molecule has 104 valence electrons. The van der Waals surface area contributed by atoms with Crippen molar-refractivity contribution in [2.45, 2.75) is 31.3 Å². The first-order chi connectivity index (χ1) is 9.69. The fraction of sp³-hybridized carbons (Fsp3) is 0.333. The van der Waals surface area contributed by atoms with Gasteiger partial charge in [-0.05, 0) is 25.5 Å². The summed E-state index contributed by atoms with van der Waals surface area (Å²) in [6.07, 6.45) is 0.713. The van der Waals surface area contributed by atoms with Crippen LogP contribution in [0.3, 0.4) is 0 Å². The summed E-state index contributed by atoms with van der Waals surface area (Å²) in [5, 5.41) is 0. The molecule has 2 N–H and O–H groups in total. The molecule has 4 nitrogen and oxygen atoms in total. The summed E-state index contributed by atoms with van der Waals surface area (Å²) in [5.74, 6) is 2.95. The summed E-state index contributed by atoms with van der Waals surface area (Å²) >= 11 is 1.77. The lowest BCUT2D eigenvalue weighted by Crippen LogP contribution is -2.19. The molecule has 0 aliphatic carbocycles. The van der Waals surface area contributed by atoms with Crippen LogP contribution in [0.5, 0.6) is 5.75 Å². The van der Waals surface area contributed by atoms with Crippen LogP contribution in [0.2, 0.25) is 0 Å². The summed E-state index contributed by atoms with van der Waals surface area (Å²) in [5.41, 5.74) is 7.96. The molecule has 0 amide bonds.